The second-order valence-corrected chi connectivity index (χ2v) is 7.16. The molecule has 1 fully saturated rings. The van der Waals surface area contributed by atoms with Gasteiger partial charge in [-0.25, -0.2) is 0 Å². The summed E-state index contributed by atoms with van der Waals surface area (Å²) in [6, 6.07) is 1.02. The maximum Gasteiger partial charge on any atom is 0.315 e. The Balaban J connectivity index is 1.87. The smallest absolute Gasteiger partial charge is 0.315 e. The van der Waals surface area contributed by atoms with Crippen molar-refractivity contribution in [1.29, 1.82) is 0 Å². The van der Waals surface area contributed by atoms with E-state index in [1.54, 1.807) is 0 Å². The van der Waals surface area contributed by atoms with Crippen LogP contribution in [0.3, 0.4) is 0 Å². The predicted molar refractivity (Wildman–Crippen MR) is 85.2 cm³/mol. The highest BCUT2D eigenvalue weighted by Crippen LogP contribution is 2.29. The first-order chi connectivity index (χ1) is 9.98. The first kappa shape index (κ1) is 16.3. The summed E-state index contributed by atoms with van der Waals surface area (Å²) in [7, 11) is 0. The van der Waals surface area contributed by atoms with E-state index in [0.717, 1.165) is 12.3 Å². The molecule has 0 aliphatic heterocycles. The Kier molecular flexibility index (Phi) is 5.62. The Hall–Kier alpha value is -1.10. The molecule has 5 heteroatoms. The molecule has 21 heavy (non-hydrogen) atoms. The summed E-state index contributed by atoms with van der Waals surface area (Å²) in [4.78, 5) is 0. The van der Waals surface area contributed by atoms with Gasteiger partial charge in [0.25, 0.3) is 0 Å². The van der Waals surface area contributed by atoms with Crippen molar-refractivity contribution in [3.63, 3.8) is 0 Å². The van der Waals surface area contributed by atoms with Gasteiger partial charge in [0, 0.05) is 11.6 Å². The lowest BCUT2D eigenvalue weighted by atomic mass is 9.83. The molecule has 1 atom stereocenters. The standard InChI is InChI=1S/C16H30N4O/c1-5-13(12-9-7-6-8-10-12)18-15-20-19-14(21-15)11-17-16(2,3)4/h12-13,17H,5-11H2,1-4H3,(H,18,20). The van der Waals surface area contributed by atoms with Crippen molar-refractivity contribution in [2.24, 2.45) is 5.92 Å². The van der Waals surface area contributed by atoms with Crippen LogP contribution in [0.1, 0.15) is 72.1 Å². The fourth-order valence-corrected chi connectivity index (χ4v) is 2.97. The highest BCUT2D eigenvalue weighted by atomic mass is 16.4. The van der Waals surface area contributed by atoms with Gasteiger partial charge in [0.15, 0.2) is 0 Å². The molecule has 120 valence electrons. The van der Waals surface area contributed by atoms with E-state index in [9.17, 15) is 0 Å². The highest BCUT2D eigenvalue weighted by Gasteiger charge is 2.23. The Morgan fingerprint density at radius 3 is 2.52 bits per heavy atom. The molecule has 2 rings (SSSR count). The lowest BCUT2D eigenvalue weighted by Crippen LogP contribution is -2.35. The minimum absolute atomic E-state index is 0.0517. The summed E-state index contributed by atoms with van der Waals surface area (Å²) >= 11 is 0. The normalized spacial score (nSPS) is 18.7. The molecule has 5 nitrogen and oxygen atoms in total. The molecule has 0 saturated heterocycles. The quantitative estimate of drug-likeness (QED) is 0.837. The van der Waals surface area contributed by atoms with Gasteiger partial charge < -0.3 is 15.1 Å². The van der Waals surface area contributed by atoms with Gasteiger partial charge in [-0.05, 0) is 46.0 Å². The molecular weight excluding hydrogens is 264 g/mol. The highest BCUT2D eigenvalue weighted by molar-refractivity contribution is 5.20. The monoisotopic (exact) mass is 294 g/mol. The minimum Gasteiger partial charge on any atom is -0.407 e. The molecule has 0 spiro atoms. The second kappa shape index (κ2) is 7.25. The second-order valence-electron chi connectivity index (χ2n) is 7.16. The van der Waals surface area contributed by atoms with Crippen LogP contribution in [0.4, 0.5) is 6.01 Å². The van der Waals surface area contributed by atoms with Crippen molar-refractivity contribution in [2.45, 2.75) is 84.3 Å². The van der Waals surface area contributed by atoms with Gasteiger partial charge >= 0.3 is 6.01 Å². The van der Waals surface area contributed by atoms with Crippen LogP contribution in [-0.2, 0) is 6.54 Å². The Bertz CT molecular complexity index is 418. The summed E-state index contributed by atoms with van der Waals surface area (Å²) in [5.41, 5.74) is 0.0517. The molecule has 2 N–H and O–H groups in total. The average molecular weight is 294 g/mol. The van der Waals surface area contributed by atoms with E-state index in [0.29, 0.717) is 24.5 Å². The number of rotatable bonds is 6. The third-order valence-corrected chi connectivity index (χ3v) is 4.20. The van der Waals surface area contributed by atoms with Crippen molar-refractivity contribution in [1.82, 2.24) is 15.5 Å². The van der Waals surface area contributed by atoms with E-state index in [2.05, 4.69) is 48.5 Å². The molecule has 0 amide bonds. The van der Waals surface area contributed by atoms with Crippen LogP contribution in [0.2, 0.25) is 0 Å². The van der Waals surface area contributed by atoms with Crippen molar-refractivity contribution in [3.8, 4) is 0 Å². The van der Waals surface area contributed by atoms with Gasteiger partial charge in [-0.3, -0.25) is 0 Å². The van der Waals surface area contributed by atoms with Crippen LogP contribution in [0.15, 0.2) is 4.42 Å². The van der Waals surface area contributed by atoms with Crippen molar-refractivity contribution < 1.29 is 4.42 Å². The fraction of sp³-hybridized carbons (Fsp3) is 0.875. The van der Waals surface area contributed by atoms with Gasteiger partial charge in [-0.2, -0.15) is 0 Å². The van der Waals surface area contributed by atoms with Crippen molar-refractivity contribution in [3.05, 3.63) is 5.89 Å². The van der Waals surface area contributed by atoms with Crippen LogP contribution >= 0.6 is 0 Å². The lowest BCUT2D eigenvalue weighted by Gasteiger charge is -2.29. The topological polar surface area (TPSA) is 63.0 Å². The maximum atomic E-state index is 5.71. The van der Waals surface area contributed by atoms with E-state index in [-0.39, 0.29) is 5.54 Å². The third kappa shape index (κ3) is 5.30. The Labute approximate surface area is 128 Å². The largest absolute Gasteiger partial charge is 0.407 e. The van der Waals surface area contributed by atoms with Crippen molar-refractivity contribution in [2.75, 3.05) is 5.32 Å². The summed E-state index contributed by atoms with van der Waals surface area (Å²) in [5, 5.41) is 15.0. The summed E-state index contributed by atoms with van der Waals surface area (Å²) in [6.07, 6.45) is 7.83. The molecule has 1 saturated carbocycles. The van der Waals surface area contributed by atoms with Crippen LogP contribution in [0, 0.1) is 5.92 Å². The molecule has 1 aliphatic rings. The molecule has 0 bridgehead atoms. The summed E-state index contributed by atoms with van der Waals surface area (Å²) < 4.78 is 5.71. The van der Waals surface area contributed by atoms with Crippen LogP contribution in [-0.4, -0.2) is 21.8 Å². The summed E-state index contributed by atoms with van der Waals surface area (Å²) in [5.74, 6) is 1.39. The first-order valence-electron chi connectivity index (χ1n) is 8.32. The number of hydrogen-bond donors (Lipinski definition) is 2. The van der Waals surface area contributed by atoms with E-state index in [1.165, 1.54) is 32.1 Å². The zero-order valence-corrected chi connectivity index (χ0v) is 13.9. The van der Waals surface area contributed by atoms with E-state index >= 15 is 0 Å². The average Bonchev–Trinajstić information content (AvgIpc) is 2.90. The maximum absolute atomic E-state index is 5.71. The van der Waals surface area contributed by atoms with Gasteiger partial charge in [-0.15, -0.1) is 5.10 Å². The van der Waals surface area contributed by atoms with Crippen molar-refractivity contribution >= 4 is 6.01 Å². The van der Waals surface area contributed by atoms with Gasteiger partial charge in [0.2, 0.25) is 5.89 Å². The zero-order chi connectivity index (χ0) is 15.3. The first-order valence-corrected chi connectivity index (χ1v) is 8.32. The molecule has 1 aliphatic carbocycles. The third-order valence-electron chi connectivity index (χ3n) is 4.20. The number of aromatic nitrogens is 2. The molecule has 1 aromatic rings. The van der Waals surface area contributed by atoms with E-state index < -0.39 is 0 Å². The number of nitrogens with one attached hydrogen (secondary N) is 2. The SMILES string of the molecule is CCC(Nc1nnc(CNC(C)(C)C)o1)C1CCCCC1. The van der Waals surface area contributed by atoms with Crippen LogP contribution < -0.4 is 10.6 Å². The number of hydrogen-bond acceptors (Lipinski definition) is 5. The predicted octanol–water partition coefficient (Wildman–Crippen LogP) is 3.73. The molecule has 1 heterocycles. The lowest BCUT2D eigenvalue weighted by molar-refractivity contribution is 0.308. The van der Waals surface area contributed by atoms with Gasteiger partial charge in [0.1, 0.15) is 0 Å². The van der Waals surface area contributed by atoms with Gasteiger partial charge in [0.05, 0.1) is 6.54 Å². The molecule has 0 aromatic carbocycles. The number of nitrogens with zero attached hydrogens (tertiary/aromatic N) is 2. The van der Waals surface area contributed by atoms with Crippen LogP contribution in [0.25, 0.3) is 0 Å². The van der Waals surface area contributed by atoms with E-state index in [1.807, 2.05) is 0 Å². The van der Waals surface area contributed by atoms with Crippen LogP contribution in [0.5, 0.6) is 0 Å². The van der Waals surface area contributed by atoms with E-state index in [4.69, 9.17) is 4.42 Å². The molecule has 1 aromatic heterocycles. The Morgan fingerprint density at radius 1 is 1.19 bits per heavy atom. The Morgan fingerprint density at radius 2 is 1.90 bits per heavy atom. The minimum atomic E-state index is 0.0517. The molecule has 0 radical (unpaired) electrons. The van der Waals surface area contributed by atoms with Gasteiger partial charge in [-0.1, -0.05) is 31.3 Å². The molecular formula is C16H30N4O. The summed E-state index contributed by atoms with van der Waals surface area (Å²) in [6.45, 7) is 9.21. The number of anilines is 1. The molecule has 1 unspecified atom stereocenters. The fourth-order valence-electron chi connectivity index (χ4n) is 2.97. The zero-order valence-electron chi connectivity index (χ0n) is 13.9.